The highest BCUT2D eigenvalue weighted by Crippen LogP contribution is 2.31. The third-order valence-electron chi connectivity index (χ3n) is 5.29. The molecule has 0 saturated carbocycles. The highest BCUT2D eigenvalue weighted by Gasteiger charge is 2.26. The molecule has 29 heavy (non-hydrogen) atoms. The lowest BCUT2D eigenvalue weighted by Gasteiger charge is -2.37. The first-order valence-corrected chi connectivity index (χ1v) is 10.3. The molecule has 3 heterocycles. The summed E-state index contributed by atoms with van der Waals surface area (Å²) in [6.07, 6.45) is 1.30. The van der Waals surface area contributed by atoms with Gasteiger partial charge in [-0.1, -0.05) is 6.07 Å². The summed E-state index contributed by atoms with van der Waals surface area (Å²) in [5, 5.41) is 17.1. The number of likely N-dealkylation sites (N-methyl/N-ethyl adjacent to an activating group) is 1. The van der Waals surface area contributed by atoms with Crippen molar-refractivity contribution in [3.8, 4) is 0 Å². The molecule has 0 amide bonds. The fourth-order valence-electron chi connectivity index (χ4n) is 3.63. The third-order valence-corrected chi connectivity index (χ3v) is 6.26. The largest absolute Gasteiger partial charge is 0.377 e. The second-order valence-corrected chi connectivity index (χ2v) is 8.11. The molecule has 10 heteroatoms. The molecule has 1 aliphatic heterocycles. The van der Waals surface area contributed by atoms with Crippen LogP contribution in [0.2, 0.25) is 0 Å². The number of thiophene rings is 1. The van der Waals surface area contributed by atoms with Crippen LogP contribution in [0.5, 0.6) is 0 Å². The first-order valence-electron chi connectivity index (χ1n) is 9.38. The van der Waals surface area contributed by atoms with Gasteiger partial charge in [0.15, 0.2) is 0 Å². The van der Waals surface area contributed by atoms with E-state index >= 15 is 0 Å². The van der Waals surface area contributed by atoms with E-state index in [9.17, 15) is 14.9 Å². The van der Waals surface area contributed by atoms with Crippen molar-refractivity contribution in [1.82, 2.24) is 19.8 Å². The summed E-state index contributed by atoms with van der Waals surface area (Å²) in [6.45, 7) is 4.39. The Labute approximate surface area is 171 Å². The van der Waals surface area contributed by atoms with Crippen LogP contribution >= 0.6 is 11.3 Å². The van der Waals surface area contributed by atoms with Crippen LogP contribution in [0, 0.1) is 10.1 Å². The van der Waals surface area contributed by atoms with E-state index < -0.39 is 10.5 Å². The van der Waals surface area contributed by atoms with Gasteiger partial charge in [0.2, 0.25) is 0 Å². The number of aromatic nitrogens is 2. The molecule has 0 radical (unpaired) electrons. The van der Waals surface area contributed by atoms with Gasteiger partial charge in [0.05, 0.1) is 28.2 Å². The molecule has 2 N–H and O–H groups in total. The fraction of sp³-hybridized carbons (Fsp3) is 0.368. The van der Waals surface area contributed by atoms with Crippen LogP contribution in [-0.4, -0.2) is 64.5 Å². The Hall–Kier alpha value is -2.82. The van der Waals surface area contributed by atoms with Crippen LogP contribution in [-0.2, 0) is 0 Å². The van der Waals surface area contributed by atoms with E-state index in [-0.39, 0.29) is 17.1 Å². The molecule has 0 bridgehead atoms. The van der Waals surface area contributed by atoms with Crippen LogP contribution < -0.4 is 10.9 Å². The Kier molecular flexibility index (Phi) is 5.56. The Balaban J connectivity index is 1.63. The van der Waals surface area contributed by atoms with Gasteiger partial charge in [-0.3, -0.25) is 19.8 Å². The SMILES string of the molecule is CN1CCN(C(CNc2cc3nc[nH]c(=O)c3cc2[N+](=O)[O-])c2cccs2)CC1. The molecule has 4 rings (SSSR count). The topological polar surface area (TPSA) is 107 Å². The van der Waals surface area contributed by atoms with Crippen molar-refractivity contribution in [1.29, 1.82) is 0 Å². The van der Waals surface area contributed by atoms with E-state index in [4.69, 9.17) is 0 Å². The van der Waals surface area contributed by atoms with Gasteiger partial charge in [0, 0.05) is 43.7 Å². The molecule has 1 saturated heterocycles. The minimum Gasteiger partial charge on any atom is -0.377 e. The predicted octanol–water partition coefficient (Wildman–Crippen LogP) is 2.29. The van der Waals surface area contributed by atoms with E-state index in [1.54, 1.807) is 17.4 Å². The van der Waals surface area contributed by atoms with Crippen molar-refractivity contribution in [2.75, 3.05) is 45.1 Å². The highest BCUT2D eigenvalue weighted by molar-refractivity contribution is 7.10. The van der Waals surface area contributed by atoms with Crippen LogP contribution in [0.4, 0.5) is 11.4 Å². The summed E-state index contributed by atoms with van der Waals surface area (Å²) in [5.74, 6) is 0. The summed E-state index contributed by atoms with van der Waals surface area (Å²) >= 11 is 1.69. The molecule has 1 aliphatic rings. The quantitative estimate of drug-likeness (QED) is 0.471. The maximum Gasteiger partial charge on any atom is 0.293 e. The van der Waals surface area contributed by atoms with Crippen LogP contribution in [0.25, 0.3) is 10.9 Å². The summed E-state index contributed by atoms with van der Waals surface area (Å²) in [6, 6.07) is 7.12. The molecule has 2 aromatic heterocycles. The summed E-state index contributed by atoms with van der Waals surface area (Å²) in [5.41, 5.74) is 0.281. The maximum absolute atomic E-state index is 12.0. The number of hydrogen-bond donors (Lipinski definition) is 2. The molecule has 1 unspecified atom stereocenters. The lowest BCUT2D eigenvalue weighted by molar-refractivity contribution is -0.383. The fourth-order valence-corrected chi connectivity index (χ4v) is 4.49. The van der Waals surface area contributed by atoms with E-state index in [0.717, 1.165) is 26.2 Å². The van der Waals surface area contributed by atoms with Crippen molar-refractivity contribution in [3.05, 3.63) is 61.3 Å². The minimum atomic E-state index is -0.468. The van der Waals surface area contributed by atoms with Gasteiger partial charge in [-0.25, -0.2) is 4.98 Å². The number of nitrogens with zero attached hydrogens (tertiary/aromatic N) is 4. The molecule has 0 spiro atoms. The number of rotatable bonds is 6. The second-order valence-electron chi connectivity index (χ2n) is 7.13. The smallest absolute Gasteiger partial charge is 0.293 e. The van der Waals surface area contributed by atoms with Gasteiger partial charge >= 0.3 is 0 Å². The number of benzene rings is 1. The first-order chi connectivity index (χ1) is 14.0. The predicted molar refractivity (Wildman–Crippen MR) is 114 cm³/mol. The zero-order valence-electron chi connectivity index (χ0n) is 16.0. The molecule has 1 atom stereocenters. The number of anilines is 1. The van der Waals surface area contributed by atoms with E-state index in [2.05, 4.69) is 38.2 Å². The van der Waals surface area contributed by atoms with Crippen molar-refractivity contribution in [2.45, 2.75) is 6.04 Å². The zero-order chi connectivity index (χ0) is 20.4. The number of piperazine rings is 1. The number of nitrogens with one attached hydrogen (secondary N) is 2. The minimum absolute atomic E-state index is 0.117. The Bertz CT molecular complexity index is 1060. The maximum atomic E-state index is 12.0. The number of fused-ring (bicyclic) bond motifs is 1. The molecule has 152 valence electrons. The summed E-state index contributed by atoms with van der Waals surface area (Å²) < 4.78 is 0. The van der Waals surface area contributed by atoms with Crippen molar-refractivity contribution in [2.24, 2.45) is 0 Å². The monoisotopic (exact) mass is 414 g/mol. The van der Waals surface area contributed by atoms with Gasteiger partial charge in [-0.15, -0.1) is 11.3 Å². The number of nitro benzene ring substituents is 1. The first kappa shape index (κ1) is 19.5. The highest BCUT2D eigenvalue weighted by atomic mass is 32.1. The Morgan fingerprint density at radius 1 is 1.34 bits per heavy atom. The van der Waals surface area contributed by atoms with Gasteiger partial charge in [-0.2, -0.15) is 0 Å². The number of H-pyrrole nitrogens is 1. The molecule has 1 fully saturated rings. The van der Waals surface area contributed by atoms with E-state index in [0.29, 0.717) is 17.7 Å². The Morgan fingerprint density at radius 2 is 2.14 bits per heavy atom. The molecule has 1 aromatic carbocycles. The van der Waals surface area contributed by atoms with Crippen LogP contribution in [0.3, 0.4) is 0 Å². The number of aromatic amines is 1. The molecular formula is C19H22N6O3S. The van der Waals surface area contributed by atoms with Crippen LogP contribution in [0.15, 0.2) is 40.8 Å². The summed E-state index contributed by atoms with van der Waals surface area (Å²) in [7, 11) is 2.11. The molecule has 3 aromatic rings. The number of nitro groups is 1. The zero-order valence-corrected chi connectivity index (χ0v) is 16.8. The normalized spacial score (nSPS) is 16.7. The van der Waals surface area contributed by atoms with Crippen LogP contribution in [0.1, 0.15) is 10.9 Å². The van der Waals surface area contributed by atoms with Crippen molar-refractivity contribution >= 4 is 33.6 Å². The van der Waals surface area contributed by atoms with Gasteiger partial charge in [0.25, 0.3) is 11.2 Å². The second kappa shape index (κ2) is 8.27. The Morgan fingerprint density at radius 3 is 2.83 bits per heavy atom. The van der Waals surface area contributed by atoms with E-state index in [1.165, 1.54) is 17.3 Å². The third kappa shape index (κ3) is 4.14. The average Bonchev–Trinajstić information content (AvgIpc) is 3.23. The number of hydrogen-bond acceptors (Lipinski definition) is 8. The van der Waals surface area contributed by atoms with Crippen molar-refractivity contribution in [3.63, 3.8) is 0 Å². The summed E-state index contributed by atoms with van der Waals surface area (Å²) in [4.78, 5) is 35.6. The lowest BCUT2D eigenvalue weighted by atomic mass is 10.1. The molecule has 9 nitrogen and oxygen atoms in total. The van der Waals surface area contributed by atoms with E-state index in [1.807, 2.05) is 11.4 Å². The molecule has 0 aliphatic carbocycles. The van der Waals surface area contributed by atoms with Crippen molar-refractivity contribution < 1.29 is 4.92 Å². The lowest BCUT2D eigenvalue weighted by Crippen LogP contribution is -2.47. The van der Waals surface area contributed by atoms with Gasteiger partial charge in [0.1, 0.15) is 5.69 Å². The van der Waals surface area contributed by atoms with Gasteiger partial charge < -0.3 is 15.2 Å². The molecular weight excluding hydrogens is 392 g/mol. The average molecular weight is 414 g/mol. The van der Waals surface area contributed by atoms with Gasteiger partial charge in [-0.05, 0) is 24.6 Å². The standard InChI is InChI=1S/C19H22N6O3S/c1-23-4-6-24(7-5-23)17(18-3-2-8-29-18)11-20-15-10-14-13(9-16(15)25(27)28)19(26)22-12-21-14/h2-3,8-10,12,17,20H,4-7,11H2,1H3,(H,21,22,26).